The first-order valence-electron chi connectivity index (χ1n) is 14.0. The molecular weight excluding hydrogens is 488 g/mol. The zero-order valence-corrected chi connectivity index (χ0v) is 22.3. The van der Waals surface area contributed by atoms with E-state index in [9.17, 15) is 19.5 Å². The summed E-state index contributed by atoms with van der Waals surface area (Å²) in [5.74, 6) is -2.30. The number of ether oxygens (including phenoxy) is 2. The van der Waals surface area contributed by atoms with Crippen LogP contribution in [0, 0.1) is 17.8 Å². The van der Waals surface area contributed by atoms with E-state index in [1.54, 1.807) is 17.0 Å². The molecule has 4 aliphatic heterocycles. The van der Waals surface area contributed by atoms with Gasteiger partial charge in [-0.05, 0) is 30.9 Å². The number of fused-ring (bicyclic) bond motifs is 1. The van der Waals surface area contributed by atoms with Gasteiger partial charge in [-0.2, -0.15) is 0 Å². The van der Waals surface area contributed by atoms with Crippen molar-refractivity contribution in [3.05, 3.63) is 30.3 Å². The summed E-state index contributed by atoms with van der Waals surface area (Å²) in [6, 6.07) is 7.73. The van der Waals surface area contributed by atoms with Gasteiger partial charge < -0.3 is 30.1 Å². The molecule has 1 aromatic rings. The van der Waals surface area contributed by atoms with Crippen LogP contribution in [0.3, 0.4) is 0 Å². The van der Waals surface area contributed by atoms with E-state index in [0.29, 0.717) is 44.8 Å². The minimum atomic E-state index is -1.08. The molecule has 1 aromatic carbocycles. The molecule has 0 radical (unpaired) electrons. The molecule has 4 heterocycles. The second-order valence-electron chi connectivity index (χ2n) is 11.0. The van der Waals surface area contributed by atoms with Gasteiger partial charge in [-0.25, -0.2) is 0 Å². The summed E-state index contributed by atoms with van der Waals surface area (Å²) in [4.78, 5) is 45.3. The van der Waals surface area contributed by atoms with Gasteiger partial charge in [-0.15, -0.1) is 0 Å². The van der Waals surface area contributed by atoms with Crippen molar-refractivity contribution in [3.63, 3.8) is 0 Å². The predicted octanol–water partition coefficient (Wildman–Crippen LogP) is 0.855. The van der Waals surface area contributed by atoms with Gasteiger partial charge in [0.1, 0.15) is 11.6 Å². The summed E-state index contributed by atoms with van der Waals surface area (Å²) in [5.41, 5.74) is -0.424. The number of rotatable bonds is 10. The number of amides is 3. The number of aliphatic hydroxyl groups is 1. The molecule has 2 unspecified atom stereocenters. The van der Waals surface area contributed by atoms with Crippen LogP contribution in [0.4, 0.5) is 5.69 Å². The maximum Gasteiger partial charge on any atom is 0.245 e. The number of carbonyl (C=O) groups excluding carboxylic acids is 3. The first-order chi connectivity index (χ1) is 18.4. The number of aliphatic hydroxyl groups excluding tert-OH is 1. The molecule has 3 N–H and O–H groups in total. The Kier molecular flexibility index (Phi) is 8.04. The molecule has 10 nitrogen and oxygen atoms in total. The van der Waals surface area contributed by atoms with E-state index in [4.69, 9.17) is 9.47 Å². The standard InChI is InChI=1S/C28H40N4O6/c1-3-18(2)20(17-33)32-24(26(35)29-11-12-31-13-15-37-16-14-31)28-10-9-21(38-28)22(23(28)27(32)36)25(34)30-19-7-5-4-6-8-19/h4-8,18,20-24,33H,3,9-17H2,1-2H3,(H,29,35)(H,30,34)/t18-,20-,21+,22-,23-,24?,28?/m0/s1. The zero-order valence-electron chi connectivity index (χ0n) is 22.3. The van der Waals surface area contributed by atoms with Crippen LogP contribution in [0.15, 0.2) is 30.3 Å². The number of benzene rings is 1. The van der Waals surface area contributed by atoms with Crippen LogP contribution in [0.1, 0.15) is 33.1 Å². The highest BCUT2D eigenvalue weighted by Gasteiger charge is 2.75. The predicted molar refractivity (Wildman–Crippen MR) is 140 cm³/mol. The molecule has 0 aliphatic carbocycles. The van der Waals surface area contributed by atoms with Crippen LogP contribution in [0.25, 0.3) is 0 Å². The highest BCUT2D eigenvalue weighted by molar-refractivity contribution is 6.02. The van der Waals surface area contributed by atoms with Gasteiger partial charge in [0.25, 0.3) is 0 Å². The summed E-state index contributed by atoms with van der Waals surface area (Å²) >= 11 is 0. The van der Waals surface area contributed by atoms with Gasteiger partial charge >= 0.3 is 0 Å². The van der Waals surface area contributed by atoms with Gasteiger partial charge in [0.2, 0.25) is 17.7 Å². The van der Waals surface area contributed by atoms with Crippen LogP contribution in [-0.2, 0) is 23.9 Å². The monoisotopic (exact) mass is 528 g/mol. The molecule has 2 bridgehead atoms. The number of para-hydroxylation sites is 1. The Balaban J connectivity index is 1.41. The van der Waals surface area contributed by atoms with Crippen molar-refractivity contribution < 1.29 is 29.0 Å². The molecule has 5 rings (SSSR count). The van der Waals surface area contributed by atoms with E-state index in [0.717, 1.165) is 19.5 Å². The minimum absolute atomic E-state index is 0.0309. The second kappa shape index (κ2) is 11.3. The van der Waals surface area contributed by atoms with E-state index in [1.807, 2.05) is 32.0 Å². The fourth-order valence-corrected chi connectivity index (χ4v) is 6.87. The van der Waals surface area contributed by atoms with Gasteiger partial charge in [0, 0.05) is 31.9 Å². The number of nitrogens with zero attached hydrogens (tertiary/aromatic N) is 2. The maximum atomic E-state index is 14.1. The highest BCUT2D eigenvalue weighted by atomic mass is 16.5. The lowest BCUT2D eigenvalue weighted by Crippen LogP contribution is -2.59. The van der Waals surface area contributed by atoms with Crippen molar-refractivity contribution in [3.8, 4) is 0 Å². The van der Waals surface area contributed by atoms with Crippen LogP contribution >= 0.6 is 0 Å². The van der Waals surface area contributed by atoms with Crippen molar-refractivity contribution in [2.24, 2.45) is 17.8 Å². The molecule has 4 fully saturated rings. The molecule has 10 heteroatoms. The molecule has 38 heavy (non-hydrogen) atoms. The van der Waals surface area contributed by atoms with Crippen molar-refractivity contribution >= 4 is 23.4 Å². The quantitative estimate of drug-likeness (QED) is 0.412. The lowest BCUT2D eigenvalue weighted by molar-refractivity contribution is -0.146. The smallest absolute Gasteiger partial charge is 0.245 e. The average Bonchev–Trinajstić information content (AvgIpc) is 3.58. The van der Waals surface area contributed by atoms with Crippen molar-refractivity contribution in [1.82, 2.24) is 15.1 Å². The third-order valence-corrected chi connectivity index (χ3v) is 9.01. The minimum Gasteiger partial charge on any atom is -0.394 e. The Hall–Kier alpha value is -2.53. The molecule has 1 spiro atoms. The Morgan fingerprint density at radius 1 is 1.18 bits per heavy atom. The number of morpholine rings is 1. The molecule has 4 saturated heterocycles. The van der Waals surface area contributed by atoms with Crippen molar-refractivity contribution in [1.29, 1.82) is 0 Å². The zero-order chi connectivity index (χ0) is 26.9. The number of anilines is 1. The fraction of sp³-hybridized carbons (Fsp3) is 0.679. The summed E-state index contributed by atoms with van der Waals surface area (Å²) < 4.78 is 11.9. The SMILES string of the molecule is CC[C@H](C)[C@H](CO)N1C(=O)[C@@H]2[C@@H](C(=O)Nc3ccccc3)[C@H]3CCC2(O3)C1C(=O)NCCN1CCOCC1. The van der Waals surface area contributed by atoms with Crippen LogP contribution in [0.5, 0.6) is 0 Å². The molecule has 208 valence electrons. The average molecular weight is 529 g/mol. The molecule has 7 atom stereocenters. The molecule has 4 aliphatic rings. The Labute approximate surface area is 224 Å². The Morgan fingerprint density at radius 3 is 2.61 bits per heavy atom. The summed E-state index contributed by atoms with van der Waals surface area (Å²) in [6.45, 7) is 7.84. The number of likely N-dealkylation sites (tertiary alicyclic amines) is 1. The summed E-state index contributed by atoms with van der Waals surface area (Å²) in [7, 11) is 0. The maximum absolute atomic E-state index is 14.1. The highest BCUT2D eigenvalue weighted by Crippen LogP contribution is 2.59. The van der Waals surface area contributed by atoms with Crippen LogP contribution in [0.2, 0.25) is 0 Å². The number of carbonyl (C=O) groups is 3. The van der Waals surface area contributed by atoms with Gasteiger partial charge in [0.05, 0.1) is 43.8 Å². The van der Waals surface area contributed by atoms with E-state index >= 15 is 0 Å². The first kappa shape index (κ1) is 27.1. The largest absolute Gasteiger partial charge is 0.394 e. The van der Waals surface area contributed by atoms with Gasteiger partial charge in [-0.3, -0.25) is 19.3 Å². The van der Waals surface area contributed by atoms with Crippen molar-refractivity contribution in [2.45, 2.75) is 56.9 Å². The van der Waals surface area contributed by atoms with Gasteiger partial charge in [-0.1, -0.05) is 38.5 Å². The van der Waals surface area contributed by atoms with E-state index in [2.05, 4.69) is 15.5 Å². The molecule has 0 aromatic heterocycles. The number of hydrogen-bond acceptors (Lipinski definition) is 7. The molecular formula is C28H40N4O6. The van der Waals surface area contributed by atoms with E-state index < -0.39 is 35.6 Å². The molecule has 3 amide bonds. The Morgan fingerprint density at radius 2 is 1.92 bits per heavy atom. The summed E-state index contributed by atoms with van der Waals surface area (Å²) in [5, 5.41) is 16.4. The second-order valence-corrected chi connectivity index (χ2v) is 11.0. The van der Waals surface area contributed by atoms with Crippen LogP contribution < -0.4 is 10.6 Å². The lowest BCUT2D eigenvalue weighted by Gasteiger charge is -2.39. The van der Waals surface area contributed by atoms with Crippen molar-refractivity contribution in [2.75, 3.05) is 51.3 Å². The molecule has 0 saturated carbocycles. The van der Waals surface area contributed by atoms with E-state index in [-0.39, 0.29) is 30.2 Å². The lowest BCUT2D eigenvalue weighted by atomic mass is 9.70. The van der Waals surface area contributed by atoms with E-state index in [1.165, 1.54) is 0 Å². The fourth-order valence-electron chi connectivity index (χ4n) is 6.87. The third-order valence-electron chi connectivity index (χ3n) is 9.01. The van der Waals surface area contributed by atoms with Crippen LogP contribution in [-0.4, -0.2) is 102 Å². The number of nitrogens with one attached hydrogen (secondary N) is 2. The summed E-state index contributed by atoms with van der Waals surface area (Å²) in [6.07, 6.45) is 1.45. The first-order valence-corrected chi connectivity index (χ1v) is 14.0. The topological polar surface area (TPSA) is 120 Å². The third kappa shape index (κ3) is 4.72. The normalized spacial score (nSPS) is 32.2. The Bertz CT molecular complexity index is 1020. The van der Waals surface area contributed by atoms with Gasteiger partial charge in [0.15, 0.2) is 0 Å². The number of hydrogen-bond donors (Lipinski definition) is 3.